The van der Waals surface area contributed by atoms with E-state index in [1.807, 2.05) is 24.8 Å². The molecule has 1 saturated heterocycles. The molecule has 3 aromatic heterocycles. The monoisotopic (exact) mass is 383 g/mol. The standard InChI is InChI=1S/C18H21N7O3/c1-11-6-16-19-14(7-12(2)25(16)21-11)17(26)23-5-3-4-13(8-23)9-24-10-15(18(27)28)20-22-24/h6-7,10,13H,3-5,8-9H2,1-2H3,(H,27,28)/t13-/m1/s1. The number of carbonyl (C=O) groups is 2. The first kappa shape index (κ1) is 18.1. The van der Waals surface area contributed by atoms with Crippen LogP contribution >= 0.6 is 0 Å². The Morgan fingerprint density at radius 2 is 2.07 bits per heavy atom. The van der Waals surface area contributed by atoms with Crippen molar-refractivity contribution in [2.24, 2.45) is 5.92 Å². The second-order valence-electron chi connectivity index (χ2n) is 7.23. The van der Waals surface area contributed by atoms with E-state index in [1.165, 1.54) is 10.9 Å². The number of carbonyl (C=O) groups excluding carboxylic acids is 1. The van der Waals surface area contributed by atoms with Crippen molar-refractivity contribution in [2.75, 3.05) is 13.1 Å². The molecule has 1 fully saturated rings. The lowest BCUT2D eigenvalue weighted by molar-refractivity contribution is 0.0652. The van der Waals surface area contributed by atoms with Gasteiger partial charge in [0, 0.05) is 31.4 Å². The van der Waals surface area contributed by atoms with Gasteiger partial charge in [-0.2, -0.15) is 5.10 Å². The number of aryl methyl sites for hydroxylation is 2. The zero-order valence-corrected chi connectivity index (χ0v) is 15.7. The maximum absolute atomic E-state index is 13.0. The molecular weight excluding hydrogens is 362 g/mol. The number of fused-ring (bicyclic) bond motifs is 1. The molecule has 1 amide bonds. The molecular formula is C18H21N7O3. The quantitative estimate of drug-likeness (QED) is 0.719. The molecule has 3 aromatic rings. The molecule has 0 saturated carbocycles. The zero-order chi connectivity index (χ0) is 19.8. The number of amides is 1. The minimum Gasteiger partial charge on any atom is -0.476 e. The van der Waals surface area contributed by atoms with Crippen molar-refractivity contribution in [1.29, 1.82) is 0 Å². The van der Waals surface area contributed by atoms with Crippen LogP contribution in [-0.2, 0) is 6.54 Å². The maximum Gasteiger partial charge on any atom is 0.358 e. The summed E-state index contributed by atoms with van der Waals surface area (Å²) < 4.78 is 3.27. The molecule has 0 unspecified atom stereocenters. The molecule has 4 heterocycles. The Morgan fingerprint density at radius 1 is 1.25 bits per heavy atom. The van der Waals surface area contributed by atoms with Gasteiger partial charge >= 0.3 is 5.97 Å². The molecule has 4 rings (SSSR count). The van der Waals surface area contributed by atoms with Gasteiger partial charge in [0.25, 0.3) is 5.91 Å². The van der Waals surface area contributed by atoms with Crippen LogP contribution in [0.2, 0.25) is 0 Å². The third-order valence-corrected chi connectivity index (χ3v) is 4.96. The third-order valence-electron chi connectivity index (χ3n) is 4.96. The first-order valence-corrected chi connectivity index (χ1v) is 9.17. The van der Waals surface area contributed by atoms with Crippen LogP contribution in [0.4, 0.5) is 0 Å². The summed E-state index contributed by atoms with van der Waals surface area (Å²) in [6.45, 7) is 5.58. The molecule has 10 heteroatoms. The maximum atomic E-state index is 13.0. The first-order chi connectivity index (χ1) is 13.4. The fourth-order valence-corrected chi connectivity index (χ4v) is 3.66. The Bertz CT molecular complexity index is 1050. The first-order valence-electron chi connectivity index (χ1n) is 9.17. The number of nitrogens with zero attached hydrogens (tertiary/aromatic N) is 7. The van der Waals surface area contributed by atoms with Crippen LogP contribution in [0.1, 0.15) is 45.2 Å². The number of piperidine rings is 1. The lowest BCUT2D eigenvalue weighted by Gasteiger charge is -2.32. The van der Waals surface area contributed by atoms with Crippen LogP contribution in [0.25, 0.3) is 5.65 Å². The normalized spacial score (nSPS) is 17.2. The van der Waals surface area contributed by atoms with E-state index in [9.17, 15) is 9.59 Å². The zero-order valence-electron chi connectivity index (χ0n) is 15.7. The number of aromatic nitrogens is 6. The van der Waals surface area contributed by atoms with Crippen molar-refractivity contribution in [3.05, 3.63) is 41.1 Å². The van der Waals surface area contributed by atoms with Crippen molar-refractivity contribution in [3.8, 4) is 0 Å². The van der Waals surface area contributed by atoms with Crippen LogP contribution in [0.15, 0.2) is 18.3 Å². The molecule has 0 aliphatic carbocycles. The van der Waals surface area contributed by atoms with Gasteiger partial charge < -0.3 is 10.0 Å². The van der Waals surface area contributed by atoms with E-state index in [-0.39, 0.29) is 17.5 Å². The Balaban J connectivity index is 1.49. The number of aromatic carboxylic acids is 1. The number of hydrogen-bond donors (Lipinski definition) is 1. The van der Waals surface area contributed by atoms with Crippen LogP contribution < -0.4 is 0 Å². The molecule has 1 N–H and O–H groups in total. The summed E-state index contributed by atoms with van der Waals surface area (Å²) in [6, 6.07) is 3.62. The third kappa shape index (κ3) is 3.45. The van der Waals surface area contributed by atoms with Gasteiger partial charge in [0.1, 0.15) is 5.69 Å². The Morgan fingerprint density at radius 3 is 2.82 bits per heavy atom. The summed E-state index contributed by atoms with van der Waals surface area (Å²) in [7, 11) is 0. The van der Waals surface area contributed by atoms with Crippen molar-refractivity contribution in [1.82, 2.24) is 34.5 Å². The van der Waals surface area contributed by atoms with Gasteiger partial charge in [-0.1, -0.05) is 5.21 Å². The fourth-order valence-electron chi connectivity index (χ4n) is 3.66. The van der Waals surface area contributed by atoms with E-state index >= 15 is 0 Å². The summed E-state index contributed by atoms with van der Waals surface area (Å²) in [5.74, 6) is -1.01. The van der Waals surface area contributed by atoms with E-state index in [0.717, 1.165) is 24.2 Å². The molecule has 1 aliphatic rings. The van der Waals surface area contributed by atoms with Gasteiger partial charge in [0.2, 0.25) is 0 Å². The van der Waals surface area contributed by atoms with Crippen LogP contribution in [0.5, 0.6) is 0 Å². The minimum atomic E-state index is -1.10. The molecule has 146 valence electrons. The predicted octanol–water partition coefficient (Wildman–Crippen LogP) is 1.19. The Hall–Kier alpha value is -3.30. The second kappa shape index (κ2) is 7.02. The molecule has 0 spiro atoms. The van der Waals surface area contributed by atoms with E-state index in [4.69, 9.17) is 5.11 Å². The Labute approximate surface area is 160 Å². The van der Waals surface area contributed by atoms with Crippen molar-refractivity contribution >= 4 is 17.5 Å². The summed E-state index contributed by atoms with van der Waals surface area (Å²) in [4.78, 5) is 30.3. The average molecular weight is 383 g/mol. The number of rotatable bonds is 4. The molecule has 1 atom stereocenters. The largest absolute Gasteiger partial charge is 0.476 e. The van der Waals surface area contributed by atoms with Gasteiger partial charge in [-0.15, -0.1) is 5.10 Å². The lowest BCUT2D eigenvalue weighted by Crippen LogP contribution is -2.41. The number of carboxylic acid groups (broad SMARTS) is 1. The minimum absolute atomic E-state index is 0.0761. The second-order valence-corrected chi connectivity index (χ2v) is 7.23. The fraction of sp³-hybridized carbons (Fsp3) is 0.444. The van der Waals surface area contributed by atoms with Gasteiger partial charge in [-0.05, 0) is 38.7 Å². The van der Waals surface area contributed by atoms with E-state index < -0.39 is 5.97 Å². The van der Waals surface area contributed by atoms with E-state index in [0.29, 0.717) is 31.0 Å². The van der Waals surface area contributed by atoms with Crippen LogP contribution in [0, 0.1) is 19.8 Å². The van der Waals surface area contributed by atoms with E-state index in [2.05, 4.69) is 20.4 Å². The topological polar surface area (TPSA) is 119 Å². The average Bonchev–Trinajstić information content (AvgIpc) is 3.27. The molecule has 10 nitrogen and oxygen atoms in total. The highest BCUT2D eigenvalue weighted by Crippen LogP contribution is 2.20. The smallest absolute Gasteiger partial charge is 0.358 e. The van der Waals surface area contributed by atoms with Crippen molar-refractivity contribution < 1.29 is 14.7 Å². The summed E-state index contributed by atoms with van der Waals surface area (Å²) in [5.41, 5.74) is 2.72. The molecule has 0 bridgehead atoms. The molecule has 1 aliphatic heterocycles. The molecule has 28 heavy (non-hydrogen) atoms. The summed E-state index contributed by atoms with van der Waals surface area (Å²) >= 11 is 0. The van der Waals surface area contributed by atoms with Crippen molar-refractivity contribution in [3.63, 3.8) is 0 Å². The summed E-state index contributed by atoms with van der Waals surface area (Å²) in [6.07, 6.45) is 3.24. The van der Waals surface area contributed by atoms with E-state index in [1.54, 1.807) is 10.6 Å². The number of carboxylic acids is 1. The summed E-state index contributed by atoms with van der Waals surface area (Å²) in [5, 5.41) is 20.8. The molecule has 0 aromatic carbocycles. The SMILES string of the molecule is Cc1cc2nc(C(=O)N3CCC[C@@H](Cn4cc(C(=O)O)nn4)C3)cc(C)n2n1. The molecule has 0 radical (unpaired) electrons. The predicted molar refractivity (Wildman–Crippen MR) is 98.1 cm³/mol. The highest BCUT2D eigenvalue weighted by molar-refractivity contribution is 5.93. The van der Waals surface area contributed by atoms with Gasteiger partial charge in [0.15, 0.2) is 11.3 Å². The van der Waals surface area contributed by atoms with Crippen LogP contribution in [-0.4, -0.2) is 64.6 Å². The van der Waals surface area contributed by atoms with Crippen molar-refractivity contribution in [2.45, 2.75) is 33.2 Å². The van der Waals surface area contributed by atoms with Crippen LogP contribution in [0.3, 0.4) is 0 Å². The lowest BCUT2D eigenvalue weighted by atomic mass is 9.97. The Kier molecular flexibility index (Phi) is 4.54. The number of hydrogen-bond acceptors (Lipinski definition) is 6. The highest BCUT2D eigenvalue weighted by atomic mass is 16.4. The van der Waals surface area contributed by atoms with Gasteiger partial charge in [0.05, 0.1) is 11.9 Å². The van der Waals surface area contributed by atoms with Gasteiger partial charge in [-0.3, -0.25) is 9.48 Å². The number of likely N-dealkylation sites (tertiary alicyclic amines) is 1. The van der Waals surface area contributed by atoms with Gasteiger partial charge in [-0.25, -0.2) is 14.3 Å². The highest BCUT2D eigenvalue weighted by Gasteiger charge is 2.26.